The third kappa shape index (κ3) is 7.33. The van der Waals surface area contributed by atoms with Crippen molar-refractivity contribution < 1.29 is 9.90 Å². The van der Waals surface area contributed by atoms with Gasteiger partial charge in [0.1, 0.15) is 0 Å². The van der Waals surface area contributed by atoms with E-state index < -0.39 is 5.97 Å². The number of hydrogen-bond acceptors (Lipinski definition) is 3. The van der Waals surface area contributed by atoms with E-state index in [2.05, 4.69) is 0 Å². The number of nitrogens with two attached hydrogens (primary N) is 1. The van der Waals surface area contributed by atoms with Gasteiger partial charge in [0.2, 0.25) is 0 Å². The molecule has 3 heteroatoms. The van der Waals surface area contributed by atoms with Crippen molar-refractivity contribution >= 4 is 5.97 Å². The van der Waals surface area contributed by atoms with Crippen molar-refractivity contribution in [2.24, 2.45) is 11.1 Å². The van der Waals surface area contributed by atoms with Gasteiger partial charge in [0, 0.05) is 18.4 Å². The maximum atomic E-state index is 10.1. The molecule has 0 radical (unpaired) electrons. The van der Waals surface area contributed by atoms with E-state index in [9.17, 15) is 9.90 Å². The van der Waals surface area contributed by atoms with E-state index >= 15 is 0 Å². The lowest BCUT2D eigenvalue weighted by molar-refractivity contribution is -0.306. The van der Waals surface area contributed by atoms with E-state index in [1.807, 2.05) is 20.8 Å². The normalized spacial score (nSPS) is 14.5. The molecule has 0 aliphatic heterocycles. The summed E-state index contributed by atoms with van der Waals surface area (Å²) in [5.74, 6) is -1.07. The van der Waals surface area contributed by atoms with Crippen molar-refractivity contribution in [3.05, 3.63) is 0 Å². The zero-order valence-electron chi connectivity index (χ0n) is 7.39. The van der Waals surface area contributed by atoms with Crippen LogP contribution in [0.5, 0.6) is 0 Å². The Bertz CT molecular complexity index is 138. The van der Waals surface area contributed by atoms with Crippen LogP contribution in [-0.2, 0) is 4.79 Å². The maximum Gasteiger partial charge on any atom is 0.0429 e. The molecule has 11 heavy (non-hydrogen) atoms. The van der Waals surface area contributed by atoms with E-state index in [0.717, 1.165) is 0 Å². The fraction of sp³-hybridized carbons (Fsp3) is 0.875. The van der Waals surface area contributed by atoms with Crippen LogP contribution in [0.15, 0.2) is 0 Å². The highest BCUT2D eigenvalue weighted by atomic mass is 16.4. The summed E-state index contributed by atoms with van der Waals surface area (Å²) in [5.41, 5.74) is 5.63. The predicted octanol–water partition coefficient (Wildman–Crippen LogP) is -0.110. The summed E-state index contributed by atoms with van der Waals surface area (Å²) in [6, 6.07) is -0.278. The fourth-order valence-corrected chi connectivity index (χ4v) is 1.07. The first kappa shape index (κ1) is 10.4. The van der Waals surface area contributed by atoms with Crippen LogP contribution in [0.4, 0.5) is 0 Å². The molecule has 0 aliphatic rings. The van der Waals surface area contributed by atoms with Gasteiger partial charge in [0.25, 0.3) is 0 Å². The maximum absolute atomic E-state index is 10.1. The first-order valence-electron chi connectivity index (χ1n) is 3.77. The van der Waals surface area contributed by atoms with Crippen molar-refractivity contribution in [2.75, 3.05) is 0 Å². The summed E-state index contributed by atoms with van der Waals surface area (Å²) in [4.78, 5) is 10.1. The molecule has 0 aliphatic carbocycles. The number of rotatable bonds is 3. The van der Waals surface area contributed by atoms with Crippen LogP contribution in [-0.4, -0.2) is 12.0 Å². The van der Waals surface area contributed by atoms with Crippen molar-refractivity contribution in [3.8, 4) is 0 Å². The first-order valence-corrected chi connectivity index (χ1v) is 3.77. The molecular weight excluding hydrogens is 142 g/mol. The summed E-state index contributed by atoms with van der Waals surface area (Å²) in [5, 5.41) is 10.1. The lowest BCUT2D eigenvalue weighted by atomic mass is 9.87. The van der Waals surface area contributed by atoms with Crippen LogP contribution in [0.3, 0.4) is 0 Å². The average molecular weight is 158 g/mol. The standard InChI is InChI=1S/C8H17NO2/c1-8(2,3)5-6(9)4-7(10)11/h6H,4-5,9H2,1-3H3,(H,10,11)/p-1/t6-/m1/s1. The molecule has 0 heterocycles. The van der Waals surface area contributed by atoms with Crippen LogP contribution in [0.1, 0.15) is 33.6 Å². The molecule has 1 atom stereocenters. The lowest BCUT2D eigenvalue weighted by Crippen LogP contribution is -2.34. The number of carbonyl (C=O) groups is 1. The highest BCUT2D eigenvalue weighted by Gasteiger charge is 2.15. The number of hydrogen-bond donors (Lipinski definition) is 1. The monoisotopic (exact) mass is 158 g/mol. The summed E-state index contributed by atoms with van der Waals surface area (Å²) in [6.45, 7) is 6.09. The second kappa shape index (κ2) is 3.72. The third-order valence-electron chi connectivity index (χ3n) is 1.30. The number of carboxylic acid groups (broad SMARTS) is 1. The molecule has 66 valence electrons. The predicted molar refractivity (Wildman–Crippen MR) is 41.7 cm³/mol. The Morgan fingerprint density at radius 1 is 1.55 bits per heavy atom. The number of carbonyl (C=O) groups excluding carboxylic acids is 1. The Balaban J connectivity index is 3.69. The zero-order chi connectivity index (χ0) is 9.07. The Labute approximate surface area is 67.6 Å². The Morgan fingerprint density at radius 3 is 2.27 bits per heavy atom. The molecule has 0 unspecified atom stereocenters. The van der Waals surface area contributed by atoms with Gasteiger partial charge in [-0.3, -0.25) is 0 Å². The van der Waals surface area contributed by atoms with E-state index in [0.29, 0.717) is 6.42 Å². The van der Waals surface area contributed by atoms with Crippen LogP contribution in [0.25, 0.3) is 0 Å². The molecule has 0 saturated carbocycles. The molecule has 0 spiro atoms. The third-order valence-corrected chi connectivity index (χ3v) is 1.30. The van der Waals surface area contributed by atoms with Crippen LogP contribution >= 0.6 is 0 Å². The Kier molecular flexibility index (Phi) is 3.52. The smallest absolute Gasteiger partial charge is 0.0429 e. The molecule has 0 rings (SSSR count). The minimum Gasteiger partial charge on any atom is -0.550 e. The lowest BCUT2D eigenvalue weighted by Gasteiger charge is -2.23. The highest BCUT2D eigenvalue weighted by molar-refractivity contribution is 5.64. The molecular formula is C8H16NO2-. The largest absolute Gasteiger partial charge is 0.550 e. The number of carboxylic acids is 1. The minimum atomic E-state index is -1.07. The summed E-state index contributed by atoms with van der Waals surface area (Å²) < 4.78 is 0. The topological polar surface area (TPSA) is 66.2 Å². The molecule has 3 nitrogen and oxygen atoms in total. The van der Waals surface area contributed by atoms with Crippen LogP contribution < -0.4 is 10.8 Å². The summed E-state index contributed by atoms with van der Waals surface area (Å²) in [6.07, 6.45) is 0.665. The average Bonchev–Trinajstić information content (AvgIpc) is 1.53. The molecule has 0 aromatic heterocycles. The summed E-state index contributed by atoms with van der Waals surface area (Å²) in [7, 11) is 0. The van der Waals surface area contributed by atoms with Crippen LogP contribution in [0.2, 0.25) is 0 Å². The van der Waals surface area contributed by atoms with Gasteiger partial charge in [-0.15, -0.1) is 0 Å². The van der Waals surface area contributed by atoms with Gasteiger partial charge in [-0.2, -0.15) is 0 Å². The van der Waals surface area contributed by atoms with Gasteiger partial charge in [-0.1, -0.05) is 20.8 Å². The van der Waals surface area contributed by atoms with E-state index in [1.165, 1.54) is 0 Å². The van der Waals surface area contributed by atoms with Gasteiger partial charge < -0.3 is 15.6 Å². The molecule has 0 aromatic rings. The van der Waals surface area contributed by atoms with E-state index in [1.54, 1.807) is 0 Å². The zero-order valence-corrected chi connectivity index (χ0v) is 7.39. The molecule has 0 saturated heterocycles. The molecule has 0 bridgehead atoms. The van der Waals surface area contributed by atoms with Crippen molar-refractivity contribution in [2.45, 2.75) is 39.7 Å². The highest BCUT2D eigenvalue weighted by Crippen LogP contribution is 2.20. The summed E-state index contributed by atoms with van der Waals surface area (Å²) >= 11 is 0. The SMILES string of the molecule is CC(C)(C)C[C@H](N)CC(=O)[O-]. The first-order chi connectivity index (χ1) is 4.81. The second-order valence-electron chi connectivity index (χ2n) is 4.10. The van der Waals surface area contributed by atoms with Crippen LogP contribution in [0, 0.1) is 5.41 Å². The fourth-order valence-electron chi connectivity index (χ4n) is 1.07. The minimum absolute atomic E-state index is 0.0444. The second-order valence-corrected chi connectivity index (χ2v) is 4.10. The quantitative estimate of drug-likeness (QED) is 0.623. The molecule has 2 N–H and O–H groups in total. The molecule has 0 amide bonds. The van der Waals surface area contributed by atoms with E-state index in [4.69, 9.17) is 5.73 Å². The number of aliphatic carboxylic acids is 1. The van der Waals surface area contributed by atoms with Gasteiger partial charge in [-0.05, 0) is 11.8 Å². The Morgan fingerprint density at radius 2 is 2.00 bits per heavy atom. The molecule has 0 aromatic carbocycles. The van der Waals surface area contributed by atoms with Gasteiger partial charge in [0.05, 0.1) is 0 Å². The molecule has 0 fully saturated rings. The van der Waals surface area contributed by atoms with Crippen molar-refractivity contribution in [1.82, 2.24) is 0 Å². The van der Waals surface area contributed by atoms with Crippen molar-refractivity contribution in [3.63, 3.8) is 0 Å². The van der Waals surface area contributed by atoms with Gasteiger partial charge in [0.15, 0.2) is 0 Å². The van der Waals surface area contributed by atoms with Gasteiger partial charge >= 0.3 is 0 Å². The van der Waals surface area contributed by atoms with E-state index in [-0.39, 0.29) is 17.9 Å². The van der Waals surface area contributed by atoms with Crippen molar-refractivity contribution in [1.29, 1.82) is 0 Å². The van der Waals surface area contributed by atoms with Gasteiger partial charge in [-0.25, -0.2) is 0 Å². The Hall–Kier alpha value is -0.570.